The number of rotatable bonds is 5. The van der Waals surface area contributed by atoms with Crippen molar-refractivity contribution in [2.45, 2.75) is 18.8 Å². The number of anilines is 3. The summed E-state index contributed by atoms with van der Waals surface area (Å²) in [7, 11) is 0. The van der Waals surface area contributed by atoms with Gasteiger partial charge in [-0.1, -0.05) is 0 Å². The van der Waals surface area contributed by atoms with Crippen LogP contribution in [-0.2, 0) is 4.74 Å². The number of fused-ring (bicyclic) bond motifs is 1. The van der Waals surface area contributed by atoms with Crippen LogP contribution in [-0.4, -0.2) is 56.1 Å². The first-order chi connectivity index (χ1) is 15.3. The molecule has 5 heterocycles. The van der Waals surface area contributed by atoms with Gasteiger partial charge in [0.15, 0.2) is 5.82 Å². The van der Waals surface area contributed by atoms with Gasteiger partial charge in [-0.25, -0.2) is 9.97 Å². The molecule has 1 N–H and O–H groups in total. The molecule has 0 spiro atoms. The van der Waals surface area contributed by atoms with E-state index in [9.17, 15) is 0 Å². The predicted octanol–water partition coefficient (Wildman–Crippen LogP) is 3.04. The molecule has 0 unspecified atom stereocenters. The monoisotopic (exact) mass is 414 g/mol. The van der Waals surface area contributed by atoms with Crippen molar-refractivity contribution < 1.29 is 4.74 Å². The fraction of sp³-hybridized carbons (Fsp3) is 0.318. The summed E-state index contributed by atoms with van der Waals surface area (Å²) in [5, 5.41) is 12.9. The van der Waals surface area contributed by atoms with Crippen molar-refractivity contribution in [3.63, 3.8) is 0 Å². The molecule has 0 amide bonds. The Balaban J connectivity index is 1.40. The SMILES string of the molecule is c1cncc(Nc2nccc(-c3c(C4CC4)nn4nc(N5CCOCC5)ccc34)n2)c1. The van der Waals surface area contributed by atoms with Crippen molar-refractivity contribution in [1.82, 2.24) is 29.8 Å². The summed E-state index contributed by atoms with van der Waals surface area (Å²) in [5.41, 5.74) is 4.76. The molecule has 0 bridgehead atoms. The van der Waals surface area contributed by atoms with Gasteiger partial charge in [0.2, 0.25) is 5.95 Å². The standard InChI is InChI=1S/C22H22N8O/c1-2-16(14-23-8-1)25-22-24-9-7-17(26-22)20-18-5-6-19(29-10-12-31-13-11-29)27-30(18)28-21(20)15-3-4-15/h1-2,5-9,14-15H,3-4,10-13H2,(H,24,25,26). The quantitative estimate of drug-likeness (QED) is 0.533. The number of morpholine rings is 1. The van der Waals surface area contributed by atoms with Crippen LogP contribution in [0.4, 0.5) is 17.5 Å². The largest absolute Gasteiger partial charge is 0.378 e. The van der Waals surface area contributed by atoms with Crippen LogP contribution in [0.25, 0.3) is 16.8 Å². The molecule has 0 atom stereocenters. The van der Waals surface area contributed by atoms with E-state index in [0.717, 1.165) is 73.1 Å². The Hall–Kier alpha value is -3.59. The van der Waals surface area contributed by atoms with Gasteiger partial charge in [0, 0.05) is 31.4 Å². The molecule has 9 heteroatoms. The van der Waals surface area contributed by atoms with Gasteiger partial charge in [-0.2, -0.15) is 5.10 Å². The normalized spacial score (nSPS) is 16.6. The minimum Gasteiger partial charge on any atom is -0.378 e. The molecule has 4 aromatic heterocycles. The van der Waals surface area contributed by atoms with Crippen molar-refractivity contribution in [1.29, 1.82) is 0 Å². The van der Waals surface area contributed by atoms with E-state index < -0.39 is 0 Å². The van der Waals surface area contributed by atoms with E-state index in [0.29, 0.717) is 11.9 Å². The summed E-state index contributed by atoms with van der Waals surface area (Å²) in [4.78, 5) is 15.5. The fourth-order valence-electron chi connectivity index (χ4n) is 3.94. The first-order valence-electron chi connectivity index (χ1n) is 10.6. The lowest BCUT2D eigenvalue weighted by Crippen LogP contribution is -2.37. The molecule has 31 heavy (non-hydrogen) atoms. The molecule has 1 aliphatic heterocycles. The lowest BCUT2D eigenvalue weighted by Gasteiger charge is -2.27. The maximum absolute atomic E-state index is 5.47. The molecule has 6 rings (SSSR count). The number of pyridine rings is 1. The van der Waals surface area contributed by atoms with Gasteiger partial charge >= 0.3 is 0 Å². The Labute approximate surface area is 179 Å². The zero-order valence-corrected chi connectivity index (χ0v) is 17.0. The summed E-state index contributed by atoms with van der Waals surface area (Å²) in [5.74, 6) is 1.92. The highest BCUT2D eigenvalue weighted by Gasteiger charge is 2.32. The van der Waals surface area contributed by atoms with Gasteiger partial charge in [0.1, 0.15) is 0 Å². The van der Waals surface area contributed by atoms with Crippen LogP contribution in [0.3, 0.4) is 0 Å². The highest BCUT2D eigenvalue weighted by molar-refractivity contribution is 5.82. The van der Waals surface area contributed by atoms with Crippen molar-refractivity contribution >= 4 is 23.0 Å². The summed E-state index contributed by atoms with van der Waals surface area (Å²) < 4.78 is 7.24. The van der Waals surface area contributed by atoms with Crippen LogP contribution in [0.5, 0.6) is 0 Å². The van der Waals surface area contributed by atoms with E-state index in [-0.39, 0.29) is 0 Å². The number of aromatic nitrogens is 6. The van der Waals surface area contributed by atoms with Gasteiger partial charge < -0.3 is 15.0 Å². The molecule has 1 saturated heterocycles. The van der Waals surface area contributed by atoms with Gasteiger partial charge in [0.05, 0.1) is 47.6 Å². The van der Waals surface area contributed by atoms with Crippen LogP contribution in [0.2, 0.25) is 0 Å². The maximum atomic E-state index is 5.47. The highest BCUT2D eigenvalue weighted by atomic mass is 16.5. The van der Waals surface area contributed by atoms with Gasteiger partial charge in [-0.15, -0.1) is 9.73 Å². The highest BCUT2D eigenvalue weighted by Crippen LogP contribution is 2.44. The molecule has 1 aliphatic carbocycles. The average molecular weight is 414 g/mol. The van der Waals surface area contributed by atoms with Crippen LogP contribution in [0.1, 0.15) is 24.5 Å². The topological polar surface area (TPSA) is 93.4 Å². The molecular weight excluding hydrogens is 392 g/mol. The molecule has 156 valence electrons. The smallest absolute Gasteiger partial charge is 0.227 e. The number of nitrogens with zero attached hydrogens (tertiary/aromatic N) is 7. The average Bonchev–Trinajstić information content (AvgIpc) is 3.60. The molecule has 9 nitrogen and oxygen atoms in total. The predicted molar refractivity (Wildman–Crippen MR) is 117 cm³/mol. The van der Waals surface area contributed by atoms with Crippen LogP contribution < -0.4 is 10.2 Å². The summed E-state index contributed by atoms with van der Waals surface area (Å²) in [6.07, 6.45) is 7.56. The Bertz CT molecular complexity index is 1210. The second-order valence-electron chi connectivity index (χ2n) is 7.83. The van der Waals surface area contributed by atoms with Crippen molar-refractivity contribution in [3.8, 4) is 11.3 Å². The number of hydrogen-bond donors (Lipinski definition) is 1. The molecular formula is C22H22N8O. The molecule has 2 aliphatic rings. The molecule has 0 radical (unpaired) electrons. The van der Waals surface area contributed by atoms with E-state index >= 15 is 0 Å². The minimum atomic E-state index is 0.466. The Kier molecular flexibility index (Phi) is 4.45. The first kappa shape index (κ1) is 18.2. The van der Waals surface area contributed by atoms with E-state index in [1.165, 1.54) is 0 Å². The number of hydrogen-bond acceptors (Lipinski definition) is 8. The number of ether oxygens (including phenoxy) is 1. The van der Waals surface area contributed by atoms with Gasteiger partial charge in [-0.05, 0) is 43.2 Å². The Morgan fingerprint density at radius 2 is 1.90 bits per heavy atom. The fourth-order valence-corrected chi connectivity index (χ4v) is 3.94. The third-order valence-electron chi connectivity index (χ3n) is 5.65. The van der Waals surface area contributed by atoms with Crippen molar-refractivity contribution in [2.24, 2.45) is 0 Å². The van der Waals surface area contributed by atoms with E-state index in [2.05, 4.69) is 32.3 Å². The molecule has 2 fully saturated rings. The van der Waals surface area contributed by atoms with E-state index in [4.69, 9.17) is 19.9 Å². The third kappa shape index (κ3) is 3.57. The Morgan fingerprint density at radius 1 is 1.00 bits per heavy atom. The van der Waals surface area contributed by atoms with Crippen LogP contribution in [0.15, 0.2) is 48.9 Å². The van der Waals surface area contributed by atoms with Crippen molar-refractivity contribution in [3.05, 3.63) is 54.6 Å². The second kappa shape index (κ2) is 7.59. The molecule has 0 aromatic carbocycles. The zero-order valence-electron chi connectivity index (χ0n) is 17.0. The molecule has 4 aromatic rings. The van der Waals surface area contributed by atoms with Gasteiger partial charge in [0.25, 0.3) is 0 Å². The van der Waals surface area contributed by atoms with Gasteiger partial charge in [-0.3, -0.25) is 4.98 Å². The lowest BCUT2D eigenvalue weighted by molar-refractivity contribution is 0.122. The third-order valence-corrected chi connectivity index (χ3v) is 5.65. The minimum absolute atomic E-state index is 0.466. The summed E-state index contributed by atoms with van der Waals surface area (Å²) >= 11 is 0. The van der Waals surface area contributed by atoms with Crippen LogP contribution >= 0.6 is 0 Å². The van der Waals surface area contributed by atoms with Crippen molar-refractivity contribution in [2.75, 3.05) is 36.5 Å². The second-order valence-corrected chi connectivity index (χ2v) is 7.83. The van der Waals surface area contributed by atoms with E-state index in [1.807, 2.05) is 18.2 Å². The molecule has 1 saturated carbocycles. The first-order valence-corrected chi connectivity index (χ1v) is 10.6. The van der Waals surface area contributed by atoms with E-state index in [1.54, 1.807) is 23.2 Å². The lowest BCUT2D eigenvalue weighted by atomic mass is 10.1. The maximum Gasteiger partial charge on any atom is 0.227 e. The summed E-state index contributed by atoms with van der Waals surface area (Å²) in [6.45, 7) is 3.14. The zero-order chi connectivity index (χ0) is 20.6. The van der Waals surface area contributed by atoms with Crippen LogP contribution in [0, 0.1) is 0 Å². The summed E-state index contributed by atoms with van der Waals surface area (Å²) in [6, 6.07) is 9.92. The Morgan fingerprint density at radius 3 is 2.71 bits per heavy atom. The number of nitrogens with one attached hydrogen (secondary N) is 1.